The lowest BCUT2D eigenvalue weighted by molar-refractivity contribution is 0.580. The Labute approximate surface area is 139 Å². The largest absolute Gasteiger partial charge is 0.265 e. The molecule has 3 aromatic rings. The van der Waals surface area contributed by atoms with Crippen molar-refractivity contribution in [2.75, 3.05) is 0 Å². The number of hydrogen-bond donors (Lipinski definition) is 1. The number of rotatable bonds is 5. The van der Waals surface area contributed by atoms with Gasteiger partial charge < -0.3 is 0 Å². The standard InChI is InChI=1S/C16H15N3O2S2/c1-12-4-2-3-5-15(12)23(20,21)18-10-16-19-14(11-22-16)13-6-8-17-9-7-13/h2-9,11,18H,10H2,1H3. The Morgan fingerprint density at radius 1 is 1.13 bits per heavy atom. The summed E-state index contributed by atoms with van der Waals surface area (Å²) in [6.07, 6.45) is 3.41. The smallest absolute Gasteiger partial charge is 0.241 e. The van der Waals surface area contributed by atoms with Crippen LogP contribution in [0, 0.1) is 6.92 Å². The van der Waals surface area contributed by atoms with Crippen LogP contribution in [0.4, 0.5) is 0 Å². The summed E-state index contributed by atoms with van der Waals surface area (Å²) in [5.41, 5.74) is 2.50. The Bertz CT molecular complexity index is 906. The normalized spacial score (nSPS) is 11.5. The summed E-state index contributed by atoms with van der Waals surface area (Å²) >= 11 is 1.43. The summed E-state index contributed by atoms with van der Waals surface area (Å²) in [4.78, 5) is 8.73. The molecule has 0 spiro atoms. The highest BCUT2D eigenvalue weighted by molar-refractivity contribution is 7.89. The summed E-state index contributed by atoms with van der Waals surface area (Å²) in [7, 11) is -3.54. The first-order valence-electron chi connectivity index (χ1n) is 6.96. The molecule has 23 heavy (non-hydrogen) atoms. The molecule has 0 aliphatic heterocycles. The van der Waals surface area contributed by atoms with Gasteiger partial charge >= 0.3 is 0 Å². The average molecular weight is 345 g/mol. The number of nitrogens with zero attached hydrogens (tertiary/aromatic N) is 2. The van der Waals surface area contributed by atoms with Gasteiger partial charge in [-0.15, -0.1) is 11.3 Å². The first-order valence-corrected chi connectivity index (χ1v) is 9.32. The molecule has 0 fully saturated rings. The number of nitrogens with one attached hydrogen (secondary N) is 1. The third-order valence-electron chi connectivity index (χ3n) is 3.32. The first kappa shape index (κ1) is 15.8. The van der Waals surface area contributed by atoms with E-state index in [0.717, 1.165) is 16.8 Å². The zero-order valence-electron chi connectivity index (χ0n) is 12.4. The third-order valence-corrected chi connectivity index (χ3v) is 5.73. The Kier molecular flexibility index (Phi) is 4.51. The third kappa shape index (κ3) is 3.64. The summed E-state index contributed by atoms with van der Waals surface area (Å²) in [6, 6.07) is 10.6. The van der Waals surface area contributed by atoms with Crippen molar-refractivity contribution in [3.8, 4) is 11.3 Å². The minimum atomic E-state index is -3.54. The molecule has 3 rings (SSSR count). The summed E-state index contributed by atoms with van der Waals surface area (Å²) in [5.74, 6) is 0. The van der Waals surface area contributed by atoms with Crippen LogP contribution in [-0.2, 0) is 16.6 Å². The molecule has 2 heterocycles. The van der Waals surface area contributed by atoms with Gasteiger partial charge in [-0.1, -0.05) is 18.2 Å². The highest BCUT2D eigenvalue weighted by atomic mass is 32.2. The van der Waals surface area contributed by atoms with E-state index in [9.17, 15) is 8.42 Å². The molecule has 0 amide bonds. The number of aromatic nitrogens is 2. The maximum atomic E-state index is 12.4. The topological polar surface area (TPSA) is 72.0 Å². The van der Waals surface area contributed by atoms with Crippen LogP contribution in [0.1, 0.15) is 10.6 Å². The van der Waals surface area contributed by atoms with Crippen molar-refractivity contribution in [3.05, 3.63) is 64.7 Å². The molecule has 0 bridgehead atoms. The van der Waals surface area contributed by atoms with Crippen LogP contribution in [0.2, 0.25) is 0 Å². The molecule has 2 aromatic heterocycles. The fourth-order valence-corrected chi connectivity index (χ4v) is 4.21. The van der Waals surface area contributed by atoms with E-state index in [4.69, 9.17) is 0 Å². The number of hydrogen-bond acceptors (Lipinski definition) is 5. The van der Waals surface area contributed by atoms with Gasteiger partial charge in [0, 0.05) is 23.3 Å². The molecule has 0 unspecified atom stereocenters. The maximum Gasteiger partial charge on any atom is 0.241 e. The van der Waals surface area contributed by atoms with Gasteiger partial charge in [0.2, 0.25) is 10.0 Å². The van der Waals surface area contributed by atoms with E-state index in [1.807, 2.05) is 23.6 Å². The van der Waals surface area contributed by atoms with Crippen molar-refractivity contribution in [1.29, 1.82) is 0 Å². The lowest BCUT2D eigenvalue weighted by Gasteiger charge is -2.07. The van der Waals surface area contributed by atoms with Crippen LogP contribution < -0.4 is 4.72 Å². The van der Waals surface area contributed by atoms with E-state index in [2.05, 4.69) is 14.7 Å². The monoisotopic (exact) mass is 345 g/mol. The lowest BCUT2D eigenvalue weighted by atomic mass is 10.2. The molecule has 0 aliphatic carbocycles. The second-order valence-electron chi connectivity index (χ2n) is 4.95. The van der Waals surface area contributed by atoms with Crippen LogP contribution in [0.15, 0.2) is 59.1 Å². The number of benzene rings is 1. The number of aryl methyl sites for hydroxylation is 1. The Morgan fingerprint density at radius 2 is 1.87 bits per heavy atom. The minimum absolute atomic E-state index is 0.173. The van der Waals surface area contributed by atoms with Gasteiger partial charge in [-0.05, 0) is 30.7 Å². The predicted molar refractivity (Wildman–Crippen MR) is 90.5 cm³/mol. The predicted octanol–water partition coefficient (Wildman–Crippen LogP) is 2.99. The second kappa shape index (κ2) is 6.57. The molecular formula is C16H15N3O2S2. The number of sulfonamides is 1. The van der Waals surface area contributed by atoms with E-state index in [1.165, 1.54) is 11.3 Å². The van der Waals surface area contributed by atoms with Crippen LogP contribution in [0.3, 0.4) is 0 Å². The Hall–Kier alpha value is -2.09. The lowest BCUT2D eigenvalue weighted by Crippen LogP contribution is -2.23. The van der Waals surface area contributed by atoms with Gasteiger partial charge in [0.05, 0.1) is 17.1 Å². The maximum absolute atomic E-state index is 12.4. The molecule has 1 N–H and O–H groups in total. The van der Waals surface area contributed by atoms with Gasteiger partial charge in [0.1, 0.15) is 5.01 Å². The van der Waals surface area contributed by atoms with E-state index in [0.29, 0.717) is 9.90 Å². The van der Waals surface area contributed by atoms with Crippen LogP contribution in [0.25, 0.3) is 11.3 Å². The highest BCUT2D eigenvalue weighted by Gasteiger charge is 2.16. The molecule has 0 saturated heterocycles. The van der Waals surface area contributed by atoms with Gasteiger partial charge in [-0.3, -0.25) is 4.98 Å². The summed E-state index contributed by atoms with van der Waals surface area (Å²) in [6.45, 7) is 1.95. The van der Waals surface area contributed by atoms with Gasteiger partial charge in [-0.2, -0.15) is 0 Å². The van der Waals surface area contributed by atoms with Crippen molar-refractivity contribution in [1.82, 2.24) is 14.7 Å². The second-order valence-corrected chi connectivity index (χ2v) is 7.63. The number of pyridine rings is 1. The number of thiazole rings is 1. The average Bonchev–Trinajstić information content (AvgIpc) is 3.03. The van der Waals surface area contributed by atoms with Gasteiger partial charge in [-0.25, -0.2) is 18.1 Å². The molecule has 1 aromatic carbocycles. The molecule has 0 atom stereocenters. The highest BCUT2D eigenvalue weighted by Crippen LogP contribution is 2.21. The van der Waals surface area contributed by atoms with Crippen molar-refractivity contribution in [3.63, 3.8) is 0 Å². The van der Waals surface area contributed by atoms with Crippen LogP contribution in [-0.4, -0.2) is 18.4 Å². The van der Waals surface area contributed by atoms with Gasteiger partial charge in [0.25, 0.3) is 0 Å². The van der Waals surface area contributed by atoms with Gasteiger partial charge in [0.15, 0.2) is 0 Å². The fraction of sp³-hybridized carbons (Fsp3) is 0.125. The molecule has 0 aliphatic rings. The van der Waals surface area contributed by atoms with E-state index in [-0.39, 0.29) is 6.54 Å². The summed E-state index contributed by atoms with van der Waals surface area (Å²) < 4.78 is 27.3. The van der Waals surface area contributed by atoms with Crippen molar-refractivity contribution < 1.29 is 8.42 Å². The van der Waals surface area contributed by atoms with E-state index in [1.54, 1.807) is 37.5 Å². The zero-order chi connectivity index (χ0) is 16.3. The van der Waals surface area contributed by atoms with Crippen molar-refractivity contribution in [2.24, 2.45) is 0 Å². The zero-order valence-corrected chi connectivity index (χ0v) is 14.1. The molecule has 0 saturated carbocycles. The van der Waals surface area contributed by atoms with Crippen LogP contribution >= 0.6 is 11.3 Å². The molecule has 7 heteroatoms. The minimum Gasteiger partial charge on any atom is -0.265 e. The van der Waals surface area contributed by atoms with Crippen molar-refractivity contribution in [2.45, 2.75) is 18.4 Å². The fourth-order valence-electron chi connectivity index (χ4n) is 2.14. The SMILES string of the molecule is Cc1ccccc1S(=O)(=O)NCc1nc(-c2ccncc2)cs1. The van der Waals surface area contributed by atoms with E-state index >= 15 is 0 Å². The molecule has 5 nitrogen and oxygen atoms in total. The molecule has 0 radical (unpaired) electrons. The van der Waals surface area contributed by atoms with Crippen molar-refractivity contribution >= 4 is 21.4 Å². The summed E-state index contributed by atoms with van der Waals surface area (Å²) in [5, 5.41) is 2.63. The molecular weight excluding hydrogens is 330 g/mol. The first-order chi connectivity index (χ1) is 11.1. The Balaban J connectivity index is 1.74. The van der Waals surface area contributed by atoms with E-state index < -0.39 is 10.0 Å². The van der Waals surface area contributed by atoms with Crippen LogP contribution in [0.5, 0.6) is 0 Å². The quantitative estimate of drug-likeness (QED) is 0.771. The molecule has 118 valence electrons. The Morgan fingerprint density at radius 3 is 2.61 bits per heavy atom.